The second-order valence-corrected chi connectivity index (χ2v) is 9.79. The first-order valence-electron chi connectivity index (χ1n) is 13.0. The third-order valence-electron chi connectivity index (χ3n) is 7.46. The number of rotatable bonds is 0. The van der Waals surface area contributed by atoms with Crippen LogP contribution in [-0.2, 0) is 0 Å². The molecule has 0 saturated heterocycles. The van der Waals surface area contributed by atoms with E-state index in [0.717, 1.165) is 43.8 Å². The summed E-state index contributed by atoms with van der Waals surface area (Å²) in [5, 5.41) is 3.82. The number of hydrogen-bond acceptors (Lipinski definition) is 6. The first kappa shape index (κ1) is 25.7. The monoisotopic (exact) mass is 582 g/mol. The average molecular weight is 583 g/mol. The number of H-pyrrole nitrogens is 2. The highest BCUT2D eigenvalue weighted by molar-refractivity contribution is 6.06. The van der Waals surface area contributed by atoms with Crippen LogP contribution in [0.5, 0.6) is 0 Å². The van der Waals surface area contributed by atoms with Crippen LogP contribution in [0.4, 0.5) is 0 Å². The van der Waals surface area contributed by atoms with Crippen LogP contribution in [0.2, 0.25) is 0 Å². The second kappa shape index (κ2) is 9.69. The van der Waals surface area contributed by atoms with Gasteiger partial charge in [0.05, 0.1) is 0 Å². The molecule has 10 heteroatoms. The van der Waals surface area contributed by atoms with Gasteiger partial charge in [-0.2, -0.15) is 0 Å². The lowest BCUT2D eigenvalue weighted by molar-refractivity contribution is 1.19. The number of aromatic nitrogens is 8. The molecule has 0 saturated carbocycles. The largest absolute Gasteiger partial charge is 0.324 e. The Bertz CT molecular complexity index is 2040. The minimum atomic E-state index is 0. The fraction of sp³-hybridized carbons (Fsp3) is 0. The molecule has 4 aromatic carbocycles. The molecule has 0 unspecified atom stereocenters. The lowest BCUT2D eigenvalue weighted by Gasteiger charge is -1.96. The van der Waals surface area contributed by atoms with Crippen molar-refractivity contribution in [3.8, 4) is 45.6 Å². The molecule has 2 N–H and O–H groups in total. The number of aromatic amines is 2. The first-order valence-corrected chi connectivity index (χ1v) is 13.0. The van der Waals surface area contributed by atoms with Crippen LogP contribution >= 0.6 is 12.4 Å². The highest BCUT2D eigenvalue weighted by Gasteiger charge is 2.21. The van der Waals surface area contributed by atoms with E-state index < -0.39 is 0 Å². The molecule has 0 spiro atoms. The molecule has 42 heavy (non-hydrogen) atoms. The molecule has 5 heterocycles. The Kier molecular flexibility index (Phi) is 5.93. The van der Waals surface area contributed by atoms with E-state index in [2.05, 4.69) is 9.97 Å². The van der Waals surface area contributed by atoms with E-state index in [4.69, 9.17) is 29.9 Å². The van der Waals surface area contributed by atoms with Crippen LogP contribution in [0.25, 0.3) is 89.7 Å². The molecule has 0 atom stereocenters. The molecule has 8 bridgehead atoms. The van der Waals surface area contributed by atoms with Crippen molar-refractivity contribution in [1.82, 2.24) is 39.9 Å². The molecule has 9 rings (SSSR count). The summed E-state index contributed by atoms with van der Waals surface area (Å²) in [5.74, 6) is 2.39. The van der Waals surface area contributed by atoms with E-state index in [1.54, 1.807) is 0 Å². The van der Waals surface area contributed by atoms with Gasteiger partial charge < -0.3 is 9.97 Å². The Morgan fingerprint density at radius 1 is 0.333 bits per heavy atom. The quantitative estimate of drug-likeness (QED) is 0.217. The molecule has 3 aromatic heterocycles. The zero-order chi connectivity index (χ0) is 26.2. The van der Waals surface area contributed by atoms with Gasteiger partial charge in [-0.3, -0.25) is 0 Å². The number of hydrogen-bond donors (Lipinski definition) is 2. The first-order chi connectivity index (χ1) is 19.8. The maximum atomic E-state index is 5.02. The maximum absolute atomic E-state index is 5.02. The fourth-order valence-electron chi connectivity index (χ4n) is 5.59. The van der Waals surface area contributed by atoms with E-state index in [0.29, 0.717) is 45.9 Å². The van der Waals surface area contributed by atoms with Gasteiger partial charge in [0.1, 0.15) is 22.6 Å². The summed E-state index contributed by atoms with van der Waals surface area (Å²) in [6.45, 7) is 0. The molecule has 7 aromatic rings. The minimum absolute atomic E-state index is 0. The fourth-order valence-corrected chi connectivity index (χ4v) is 5.59. The van der Waals surface area contributed by atoms with Crippen LogP contribution in [0.3, 0.4) is 0 Å². The van der Waals surface area contributed by atoms with Gasteiger partial charge in [0, 0.05) is 43.8 Å². The molecule has 8 nitrogen and oxygen atoms in total. The Morgan fingerprint density at radius 2 is 0.571 bits per heavy atom. The Labute approximate surface area is 249 Å². The standard InChI is InChI=1S/C32H18N8.ClH.H4Si/c1-2-10-18-17(9-1)25-33-26(18)38-28-21-13-5-6-14-22(21)30(35-28)40-32-24-16-8-7-15-23(24)31(36-32)39-29-20-12-4-3-11-19(20)27(34-29)37-25;;/h1-16H,(H2,33,34,35,36,37,38,39,40);1H;1H4. The van der Waals surface area contributed by atoms with Crippen molar-refractivity contribution in [1.29, 1.82) is 0 Å². The van der Waals surface area contributed by atoms with Crippen LogP contribution in [0.15, 0.2) is 97.1 Å². The van der Waals surface area contributed by atoms with Crippen molar-refractivity contribution >= 4 is 67.5 Å². The zero-order valence-electron chi connectivity index (χ0n) is 21.3. The minimum Gasteiger partial charge on any atom is -0.324 e. The van der Waals surface area contributed by atoms with Crippen LogP contribution in [0, 0.1) is 0 Å². The van der Waals surface area contributed by atoms with Gasteiger partial charge in [0.25, 0.3) is 0 Å². The van der Waals surface area contributed by atoms with Gasteiger partial charge >= 0.3 is 0 Å². The van der Waals surface area contributed by atoms with Gasteiger partial charge in [0.15, 0.2) is 23.3 Å². The van der Waals surface area contributed by atoms with Crippen molar-refractivity contribution in [2.75, 3.05) is 0 Å². The molecule has 2 aliphatic rings. The summed E-state index contributed by atoms with van der Waals surface area (Å²) < 4.78 is 0. The van der Waals surface area contributed by atoms with Gasteiger partial charge in [-0.15, -0.1) is 12.4 Å². The van der Waals surface area contributed by atoms with Crippen LogP contribution in [0.1, 0.15) is 0 Å². The molecule has 0 radical (unpaired) electrons. The smallest absolute Gasteiger partial charge is 0.164 e. The molecule has 202 valence electrons. The number of benzene rings is 4. The summed E-state index contributed by atoms with van der Waals surface area (Å²) in [5.41, 5.74) is 6.45. The highest BCUT2D eigenvalue weighted by Crippen LogP contribution is 2.36. The van der Waals surface area contributed by atoms with E-state index in [-0.39, 0.29) is 23.4 Å². The Balaban J connectivity index is 0.00000144. The average Bonchev–Trinajstić information content (AvgIpc) is 3.73. The van der Waals surface area contributed by atoms with Crippen molar-refractivity contribution in [2.45, 2.75) is 0 Å². The van der Waals surface area contributed by atoms with E-state index in [1.807, 2.05) is 97.1 Å². The van der Waals surface area contributed by atoms with Gasteiger partial charge in [-0.1, -0.05) is 97.1 Å². The maximum Gasteiger partial charge on any atom is 0.164 e. The van der Waals surface area contributed by atoms with E-state index in [1.165, 1.54) is 0 Å². The molecule has 0 aliphatic carbocycles. The number of fused-ring (bicyclic) bond motifs is 20. The van der Waals surface area contributed by atoms with Crippen molar-refractivity contribution < 1.29 is 0 Å². The van der Waals surface area contributed by atoms with Crippen molar-refractivity contribution in [3.05, 3.63) is 97.1 Å². The topological polar surface area (TPSA) is 109 Å². The lowest BCUT2D eigenvalue weighted by Crippen LogP contribution is -1.82. The third-order valence-corrected chi connectivity index (χ3v) is 7.46. The molecular weight excluding hydrogens is 560 g/mol. The zero-order valence-corrected chi connectivity index (χ0v) is 22.1. The molecule has 0 fully saturated rings. The summed E-state index contributed by atoms with van der Waals surface area (Å²) in [6, 6.07) is 32.2. The van der Waals surface area contributed by atoms with Gasteiger partial charge in [0.2, 0.25) is 0 Å². The predicted octanol–water partition coefficient (Wildman–Crippen LogP) is 5.84. The normalized spacial score (nSPS) is 11.4. The Morgan fingerprint density at radius 3 is 0.833 bits per heavy atom. The number of halogens is 1. The summed E-state index contributed by atoms with van der Waals surface area (Å²) >= 11 is 0. The van der Waals surface area contributed by atoms with Crippen molar-refractivity contribution in [3.63, 3.8) is 0 Å². The molecular formula is C32H23ClN8Si. The summed E-state index contributed by atoms with van der Waals surface area (Å²) in [7, 11) is 0. The number of nitrogens with zero attached hydrogens (tertiary/aromatic N) is 6. The lowest BCUT2D eigenvalue weighted by atomic mass is 10.1. The Hall–Kier alpha value is -5.25. The summed E-state index contributed by atoms with van der Waals surface area (Å²) in [4.78, 5) is 36.8. The second-order valence-electron chi connectivity index (χ2n) is 9.79. The molecule has 0 amide bonds. The SMILES string of the molecule is Cl.[SiH4].c1ccc2c(c1)-c1nc-2nc2[nH]c(nc3nc(nc4[nH]c(n1)c1ccccc41)-c1ccccc1-3)c1ccccc21. The van der Waals surface area contributed by atoms with Crippen molar-refractivity contribution in [2.24, 2.45) is 0 Å². The number of nitrogens with one attached hydrogen (secondary N) is 2. The van der Waals surface area contributed by atoms with E-state index >= 15 is 0 Å². The van der Waals surface area contributed by atoms with E-state index in [9.17, 15) is 0 Å². The molecule has 2 aliphatic heterocycles. The third kappa shape index (κ3) is 3.75. The predicted molar refractivity (Wildman–Crippen MR) is 175 cm³/mol. The summed E-state index contributed by atoms with van der Waals surface area (Å²) in [6.07, 6.45) is 0. The van der Waals surface area contributed by atoms with Crippen LogP contribution in [-0.4, -0.2) is 50.8 Å². The van der Waals surface area contributed by atoms with Gasteiger partial charge in [-0.25, -0.2) is 29.9 Å². The van der Waals surface area contributed by atoms with Crippen LogP contribution < -0.4 is 0 Å². The highest BCUT2D eigenvalue weighted by atomic mass is 35.5. The van der Waals surface area contributed by atoms with Gasteiger partial charge in [-0.05, 0) is 11.0 Å².